The summed E-state index contributed by atoms with van der Waals surface area (Å²) in [6.45, 7) is 2.32. The second-order valence-electron chi connectivity index (χ2n) is 8.23. The third-order valence-electron chi connectivity index (χ3n) is 5.86. The zero-order valence-corrected chi connectivity index (χ0v) is 18.1. The molecule has 0 aromatic heterocycles. The van der Waals surface area contributed by atoms with Crippen LogP contribution in [0.3, 0.4) is 0 Å². The highest BCUT2D eigenvalue weighted by Crippen LogP contribution is 2.21. The number of aryl methyl sites for hydroxylation is 4. The van der Waals surface area contributed by atoms with Crippen molar-refractivity contribution >= 4 is 0 Å². The highest BCUT2D eigenvalue weighted by atomic mass is 16.3. The van der Waals surface area contributed by atoms with E-state index < -0.39 is 0 Å². The van der Waals surface area contributed by atoms with E-state index in [2.05, 4.69) is 79.7 Å². The van der Waals surface area contributed by atoms with Gasteiger partial charge < -0.3 is 10.2 Å². The minimum Gasteiger partial charge on any atom is -0.396 e. The quantitative estimate of drug-likeness (QED) is 0.437. The van der Waals surface area contributed by atoms with Crippen LogP contribution < -0.4 is 0 Å². The van der Waals surface area contributed by atoms with Gasteiger partial charge in [0.1, 0.15) is 0 Å². The van der Waals surface area contributed by atoms with Crippen LogP contribution in [0.1, 0.15) is 42.0 Å². The summed E-state index contributed by atoms with van der Waals surface area (Å²) < 4.78 is 0. The number of rotatable bonds is 11. The van der Waals surface area contributed by atoms with Crippen molar-refractivity contribution in [3.8, 4) is 11.1 Å². The van der Waals surface area contributed by atoms with Crippen LogP contribution in [0.2, 0.25) is 0 Å². The lowest BCUT2D eigenvalue weighted by Gasteiger charge is -2.10. The maximum Gasteiger partial charge on any atom is 0.0481 e. The van der Waals surface area contributed by atoms with Gasteiger partial charge in [0.2, 0.25) is 0 Å². The fourth-order valence-corrected chi connectivity index (χ4v) is 3.79. The zero-order chi connectivity index (χ0) is 21.2. The third kappa shape index (κ3) is 6.55. The van der Waals surface area contributed by atoms with Gasteiger partial charge in [-0.2, -0.15) is 0 Å². The molecule has 0 spiro atoms. The molecule has 2 nitrogen and oxygen atoms in total. The molecule has 3 rings (SSSR count). The lowest BCUT2D eigenvalue weighted by atomic mass is 9.97. The van der Waals surface area contributed by atoms with E-state index in [1.807, 2.05) is 0 Å². The van der Waals surface area contributed by atoms with Crippen molar-refractivity contribution in [3.63, 3.8) is 0 Å². The van der Waals surface area contributed by atoms with E-state index in [1.165, 1.54) is 39.8 Å². The first-order valence-electron chi connectivity index (χ1n) is 11.2. The van der Waals surface area contributed by atoms with E-state index in [1.54, 1.807) is 0 Å². The van der Waals surface area contributed by atoms with Crippen molar-refractivity contribution < 1.29 is 10.2 Å². The van der Waals surface area contributed by atoms with Crippen molar-refractivity contribution in [2.24, 2.45) is 5.92 Å². The molecule has 0 radical (unpaired) electrons. The highest BCUT2D eigenvalue weighted by molar-refractivity contribution is 5.64. The second kappa shape index (κ2) is 11.7. The molecule has 30 heavy (non-hydrogen) atoms. The monoisotopic (exact) mass is 402 g/mol. The molecule has 0 saturated heterocycles. The van der Waals surface area contributed by atoms with Crippen LogP contribution in [0, 0.1) is 5.92 Å². The fraction of sp³-hybridized carbons (Fsp3) is 0.357. The van der Waals surface area contributed by atoms with Crippen LogP contribution in [0.5, 0.6) is 0 Å². The molecule has 0 unspecified atom stereocenters. The standard InChI is InChI=1S/C28H34O2/c1-2-3-22-12-16-27(17-13-22)28-18-14-25(15-19-28)9-8-23-4-6-24(7-5-23)10-11-26(20-29)21-30/h4-7,12-19,26,29-30H,2-3,8-11,20-21H2,1H3. The normalized spacial score (nSPS) is 11.2. The summed E-state index contributed by atoms with van der Waals surface area (Å²) in [5.74, 6) is -0.0121. The maximum absolute atomic E-state index is 9.18. The first-order chi connectivity index (χ1) is 14.7. The highest BCUT2D eigenvalue weighted by Gasteiger charge is 2.06. The van der Waals surface area contributed by atoms with E-state index in [4.69, 9.17) is 0 Å². The predicted molar refractivity (Wildman–Crippen MR) is 126 cm³/mol. The lowest BCUT2D eigenvalue weighted by Crippen LogP contribution is -2.11. The molecule has 0 bridgehead atoms. The molecule has 158 valence electrons. The van der Waals surface area contributed by atoms with Gasteiger partial charge in [-0.1, -0.05) is 86.1 Å². The van der Waals surface area contributed by atoms with Gasteiger partial charge >= 0.3 is 0 Å². The van der Waals surface area contributed by atoms with Crippen LogP contribution >= 0.6 is 0 Å². The molecule has 3 aromatic rings. The first-order valence-corrected chi connectivity index (χ1v) is 11.2. The van der Waals surface area contributed by atoms with Crippen molar-refractivity contribution in [2.45, 2.75) is 45.4 Å². The minimum atomic E-state index is -0.0121. The summed E-state index contributed by atoms with van der Waals surface area (Å²) in [6, 6.07) is 26.6. The molecule has 2 heteroatoms. The summed E-state index contributed by atoms with van der Waals surface area (Å²) in [4.78, 5) is 0. The molecule has 0 aliphatic carbocycles. The Morgan fingerprint density at radius 2 is 0.900 bits per heavy atom. The Hall–Kier alpha value is -2.42. The first kappa shape index (κ1) is 22.3. The molecule has 0 saturated carbocycles. The van der Waals surface area contributed by atoms with Crippen LogP contribution in [0.15, 0.2) is 72.8 Å². The topological polar surface area (TPSA) is 40.5 Å². The van der Waals surface area contributed by atoms with Crippen molar-refractivity contribution in [1.82, 2.24) is 0 Å². The van der Waals surface area contributed by atoms with Crippen LogP contribution in [0.4, 0.5) is 0 Å². The van der Waals surface area contributed by atoms with E-state index in [9.17, 15) is 10.2 Å². The van der Waals surface area contributed by atoms with Crippen molar-refractivity contribution in [1.29, 1.82) is 0 Å². The Kier molecular flexibility index (Phi) is 8.67. The molecule has 3 aromatic carbocycles. The van der Waals surface area contributed by atoms with Crippen molar-refractivity contribution in [2.75, 3.05) is 13.2 Å². The third-order valence-corrected chi connectivity index (χ3v) is 5.86. The van der Waals surface area contributed by atoms with Gasteiger partial charge in [0, 0.05) is 19.1 Å². The Labute approximate surface area is 181 Å². The Bertz CT molecular complexity index is 860. The summed E-state index contributed by atoms with van der Waals surface area (Å²) in [5.41, 5.74) is 7.93. The molecule has 2 N–H and O–H groups in total. The molecule has 0 amide bonds. The molecule has 0 aliphatic heterocycles. The zero-order valence-electron chi connectivity index (χ0n) is 18.1. The van der Waals surface area contributed by atoms with Crippen LogP contribution in [-0.4, -0.2) is 23.4 Å². The predicted octanol–water partition coefficient (Wildman–Crippen LogP) is 5.62. The lowest BCUT2D eigenvalue weighted by molar-refractivity contribution is 0.144. The Morgan fingerprint density at radius 3 is 1.30 bits per heavy atom. The number of aliphatic hydroxyl groups is 2. The van der Waals surface area contributed by atoms with E-state index in [0.29, 0.717) is 0 Å². The summed E-state index contributed by atoms with van der Waals surface area (Å²) >= 11 is 0. The van der Waals surface area contributed by atoms with Gasteiger partial charge in [0.05, 0.1) is 0 Å². The number of benzene rings is 3. The Morgan fingerprint density at radius 1 is 0.533 bits per heavy atom. The average molecular weight is 403 g/mol. The molecule has 0 aliphatic rings. The molecule has 0 heterocycles. The number of aliphatic hydroxyl groups excluding tert-OH is 2. The van der Waals surface area contributed by atoms with Gasteiger partial charge in [-0.15, -0.1) is 0 Å². The van der Waals surface area contributed by atoms with Crippen LogP contribution in [-0.2, 0) is 25.7 Å². The maximum atomic E-state index is 9.18. The summed E-state index contributed by atoms with van der Waals surface area (Å²) in [6.07, 6.45) is 6.11. The van der Waals surface area contributed by atoms with Crippen LogP contribution in [0.25, 0.3) is 11.1 Å². The fourth-order valence-electron chi connectivity index (χ4n) is 3.79. The number of hydrogen-bond donors (Lipinski definition) is 2. The second-order valence-corrected chi connectivity index (χ2v) is 8.23. The van der Waals surface area contributed by atoms with E-state index in [0.717, 1.165) is 32.1 Å². The molecular formula is C28H34O2. The summed E-state index contributed by atoms with van der Waals surface area (Å²) in [7, 11) is 0. The minimum absolute atomic E-state index is 0.0121. The van der Waals surface area contributed by atoms with Gasteiger partial charge in [-0.05, 0) is 65.5 Å². The smallest absolute Gasteiger partial charge is 0.0481 e. The van der Waals surface area contributed by atoms with E-state index >= 15 is 0 Å². The van der Waals surface area contributed by atoms with Gasteiger partial charge in [-0.3, -0.25) is 0 Å². The Balaban J connectivity index is 1.51. The molecular weight excluding hydrogens is 368 g/mol. The SMILES string of the molecule is CCCc1ccc(-c2ccc(CCc3ccc(CCC(CO)CO)cc3)cc2)cc1. The summed E-state index contributed by atoms with van der Waals surface area (Å²) in [5, 5.41) is 18.4. The molecule has 0 atom stereocenters. The molecule has 0 fully saturated rings. The number of hydrogen-bond acceptors (Lipinski definition) is 2. The van der Waals surface area contributed by atoms with Crippen molar-refractivity contribution in [3.05, 3.63) is 95.1 Å². The van der Waals surface area contributed by atoms with Gasteiger partial charge in [0.25, 0.3) is 0 Å². The van der Waals surface area contributed by atoms with Gasteiger partial charge in [0.15, 0.2) is 0 Å². The van der Waals surface area contributed by atoms with Gasteiger partial charge in [-0.25, -0.2) is 0 Å². The largest absolute Gasteiger partial charge is 0.396 e. The average Bonchev–Trinajstić information content (AvgIpc) is 2.80. The van der Waals surface area contributed by atoms with E-state index in [-0.39, 0.29) is 19.1 Å².